The van der Waals surface area contributed by atoms with Crippen LogP contribution in [0.1, 0.15) is 25.0 Å². The van der Waals surface area contributed by atoms with Gasteiger partial charge in [0.25, 0.3) is 0 Å². The van der Waals surface area contributed by atoms with Gasteiger partial charge in [-0.2, -0.15) is 0 Å². The average molecular weight is 253 g/mol. The molecule has 0 spiro atoms. The van der Waals surface area contributed by atoms with Gasteiger partial charge in [0.2, 0.25) is 0 Å². The number of aliphatic hydroxyl groups is 1. The number of benzene rings is 1. The van der Waals surface area contributed by atoms with Crippen LogP contribution in [0, 0.1) is 19.8 Å². The van der Waals surface area contributed by atoms with Crippen molar-refractivity contribution in [2.75, 3.05) is 6.61 Å². The summed E-state index contributed by atoms with van der Waals surface area (Å²) in [4.78, 5) is 1.22. The Balaban J connectivity index is 2.83. The highest BCUT2D eigenvalue weighted by molar-refractivity contribution is 8.00. The van der Waals surface area contributed by atoms with Gasteiger partial charge in [0.1, 0.15) is 0 Å². The van der Waals surface area contributed by atoms with Gasteiger partial charge >= 0.3 is 0 Å². The highest BCUT2D eigenvalue weighted by Crippen LogP contribution is 2.30. The molecule has 2 unspecified atom stereocenters. The Morgan fingerprint density at radius 3 is 2.47 bits per heavy atom. The molecule has 3 N–H and O–H groups in total. The van der Waals surface area contributed by atoms with Crippen LogP contribution >= 0.6 is 11.8 Å². The molecule has 2 atom stereocenters. The van der Waals surface area contributed by atoms with E-state index in [0.717, 1.165) is 0 Å². The number of hydrogen-bond donors (Lipinski definition) is 2. The van der Waals surface area contributed by atoms with Crippen LogP contribution in [-0.4, -0.2) is 23.0 Å². The highest BCUT2D eigenvalue weighted by Gasteiger charge is 2.21. The molecular weight excluding hydrogens is 230 g/mol. The zero-order valence-electron chi connectivity index (χ0n) is 11.1. The number of hydrogen-bond acceptors (Lipinski definition) is 3. The fourth-order valence-electron chi connectivity index (χ4n) is 1.66. The first-order valence-electron chi connectivity index (χ1n) is 6.06. The number of thioether (sulfide) groups is 1. The van der Waals surface area contributed by atoms with Gasteiger partial charge in [-0.05, 0) is 31.4 Å². The summed E-state index contributed by atoms with van der Waals surface area (Å²) in [5.41, 5.74) is 8.62. The molecule has 0 aromatic heterocycles. The van der Waals surface area contributed by atoms with Crippen LogP contribution in [0.3, 0.4) is 0 Å². The Hall–Kier alpha value is -0.510. The lowest BCUT2D eigenvalue weighted by molar-refractivity contribution is 0.269. The Morgan fingerprint density at radius 2 is 1.94 bits per heavy atom. The van der Waals surface area contributed by atoms with E-state index in [0.29, 0.717) is 5.92 Å². The molecular formula is C14H23NOS. The van der Waals surface area contributed by atoms with Crippen molar-refractivity contribution in [1.82, 2.24) is 0 Å². The topological polar surface area (TPSA) is 46.2 Å². The normalized spacial score (nSPS) is 15.0. The molecule has 3 heteroatoms. The third-order valence-electron chi connectivity index (χ3n) is 3.00. The summed E-state index contributed by atoms with van der Waals surface area (Å²) in [7, 11) is 0. The van der Waals surface area contributed by atoms with Gasteiger partial charge < -0.3 is 10.8 Å². The highest BCUT2D eigenvalue weighted by atomic mass is 32.2. The van der Waals surface area contributed by atoms with Crippen LogP contribution in [0.5, 0.6) is 0 Å². The summed E-state index contributed by atoms with van der Waals surface area (Å²) in [6.07, 6.45) is 0. The van der Waals surface area contributed by atoms with Gasteiger partial charge in [-0.3, -0.25) is 0 Å². The molecule has 0 radical (unpaired) electrons. The summed E-state index contributed by atoms with van der Waals surface area (Å²) in [5, 5.41) is 9.53. The van der Waals surface area contributed by atoms with Crippen molar-refractivity contribution in [3.05, 3.63) is 29.3 Å². The number of nitrogens with two attached hydrogens (primary N) is 1. The maximum Gasteiger partial charge on any atom is 0.0568 e. The Labute approximate surface area is 109 Å². The van der Waals surface area contributed by atoms with Gasteiger partial charge in [-0.25, -0.2) is 0 Å². The minimum Gasteiger partial charge on any atom is -0.395 e. The molecule has 0 aliphatic rings. The third-order valence-corrected chi connectivity index (χ3v) is 4.46. The Kier molecular flexibility index (Phi) is 5.50. The van der Waals surface area contributed by atoms with Crippen molar-refractivity contribution in [3.8, 4) is 0 Å². The van der Waals surface area contributed by atoms with Crippen LogP contribution in [0.15, 0.2) is 23.1 Å². The van der Waals surface area contributed by atoms with Crippen LogP contribution in [0.2, 0.25) is 0 Å². The van der Waals surface area contributed by atoms with E-state index < -0.39 is 0 Å². The molecule has 2 nitrogen and oxygen atoms in total. The summed E-state index contributed by atoms with van der Waals surface area (Å²) < 4.78 is 0. The van der Waals surface area contributed by atoms with Crippen LogP contribution in [-0.2, 0) is 0 Å². The van der Waals surface area contributed by atoms with Crippen molar-refractivity contribution >= 4 is 11.8 Å². The van der Waals surface area contributed by atoms with Crippen molar-refractivity contribution in [3.63, 3.8) is 0 Å². The lowest BCUT2D eigenvalue weighted by Crippen LogP contribution is -2.39. The van der Waals surface area contributed by atoms with E-state index in [9.17, 15) is 5.11 Å². The second kappa shape index (κ2) is 6.43. The number of aliphatic hydroxyl groups excluding tert-OH is 1. The first kappa shape index (κ1) is 14.6. The molecule has 0 aliphatic carbocycles. The molecule has 0 fully saturated rings. The van der Waals surface area contributed by atoms with Gasteiger partial charge in [-0.1, -0.05) is 31.5 Å². The van der Waals surface area contributed by atoms with Crippen molar-refractivity contribution in [2.45, 2.75) is 43.9 Å². The maximum absolute atomic E-state index is 9.47. The predicted octanol–water partition coefficient (Wildman–Crippen LogP) is 2.74. The standard InChI is InChI=1S/C14H23NOS/c1-9(2)14(15)13(8-16)17-12-7-10(3)5-6-11(12)4/h5-7,9,13-14,16H,8,15H2,1-4H3. The summed E-state index contributed by atoms with van der Waals surface area (Å²) in [6.45, 7) is 8.49. The van der Waals surface area contributed by atoms with E-state index >= 15 is 0 Å². The lowest BCUT2D eigenvalue weighted by Gasteiger charge is -2.25. The van der Waals surface area contributed by atoms with Crippen LogP contribution < -0.4 is 5.73 Å². The average Bonchev–Trinajstić information content (AvgIpc) is 2.29. The molecule has 96 valence electrons. The zero-order chi connectivity index (χ0) is 13.0. The fourth-order valence-corrected chi connectivity index (χ4v) is 3.04. The largest absolute Gasteiger partial charge is 0.395 e. The quantitative estimate of drug-likeness (QED) is 0.793. The molecule has 1 rings (SSSR count). The van der Waals surface area contributed by atoms with E-state index in [-0.39, 0.29) is 17.9 Å². The first-order chi connectivity index (χ1) is 7.95. The van der Waals surface area contributed by atoms with E-state index in [4.69, 9.17) is 5.73 Å². The minimum atomic E-state index is 0.0184. The lowest BCUT2D eigenvalue weighted by atomic mass is 10.0. The van der Waals surface area contributed by atoms with Gasteiger partial charge in [0.05, 0.1) is 6.61 Å². The minimum absolute atomic E-state index is 0.0184. The van der Waals surface area contributed by atoms with Crippen molar-refractivity contribution in [2.24, 2.45) is 11.7 Å². The SMILES string of the molecule is Cc1ccc(C)c(SC(CO)C(N)C(C)C)c1. The molecule has 0 aliphatic heterocycles. The second-order valence-electron chi connectivity index (χ2n) is 4.93. The first-order valence-corrected chi connectivity index (χ1v) is 6.94. The van der Waals surface area contributed by atoms with Crippen molar-refractivity contribution < 1.29 is 5.11 Å². The summed E-state index contributed by atoms with van der Waals surface area (Å²) >= 11 is 1.69. The van der Waals surface area contributed by atoms with Crippen LogP contribution in [0.4, 0.5) is 0 Å². The monoisotopic (exact) mass is 253 g/mol. The van der Waals surface area contributed by atoms with Crippen LogP contribution in [0.25, 0.3) is 0 Å². The molecule has 0 saturated carbocycles. The zero-order valence-corrected chi connectivity index (χ0v) is 11.9. The fraction of sp³-hybridized carbons (Fsp3) is 0.571. The van der Waals surface area contributed by atoms with E-state index in [1.54, 1.807) is 11.8 Å². The van der Waals surface area contributed by atoms with Crippen molar-refractivity contribution in [1.29, 1.82) is 0 Å². The smallest absolute Gasteiger partial charge is 0.0568 e. The third kappa shape index (κ3) is 4.02. The van der Waals surface area contributed by atoms with E-state index in [1.165, 1.54) is 16.0 Å². The molecule has 1 aromatic rings. The maximum atomic E-state index is 9.47. The molecule has 0 saturated heterocycles. The van der Waals surface area contributed by atoms with Gasteiger partial charge in [0.15, 0.2) is 0 Å². The molecule has 17 heavy (non-hydrogen) atoms. The second-order valence-corrected chi connectivity index (χ2v) is 6.21. The van der Waals surface area contributed by atoms with E-state index in [1.807, 2.05) is 0 Å². The Morgan fingerprint density at radius 1 is 1.29 bits per heavy atom. The molecule has 1 aromatic carbocycles. The summed E-state index contributed by atoms with van der Waals surface area (Å²) in [5.74, 6) is 0.379. The molecule has 0 heterocycles. The molecule has 0 bridgehead atoms. The Bertz CT molecular complexity index is 365. The van der Waals surface area contributed by atoms with Gasteiger partial charge in [-0.15, -0.1) is 11.8 Å². The number of aryl methyl sites for hydroxylation is 2. The molecule has 0 amide bonds. The predicted molar refractivity (Wildman–Crippen MR) is 75.5 cm³/mol. The summed E-state index contributed by atoms with van der Waals surface area (Å²) in [6, 6.07) is 6.41. The van der Waals surface area contributed by atoms with Gasteiger partial charge in [0, 0.05) is 16.2 Å². The van der Waals surface area contributed by atoms with E-state index in [2.05, 4.69) is 45.9 Å². The number of rotatable bonds is 5.